The van der Waals surface area contributed by atoms with E-state index in [0.717, 1.165) is 40.6 Å². The molecule has 0 spiro atoms. The molecule has 0 atom stereocenters. The summed E-state index contributed by atoms with van der Waals surface area (Å²) in [5, 5.41) is 6.39. The highest BCUT2D eigenvalue weighted by molar-refractivity contribution is 9.10. The molecule has 5 rings (SSSR count). The van der Waals surface area contributed by atoms with Crippen LogP contribution in [0.3, 0.4) is 0 Å². The summed E-state index contributed by atoms with van der Waals surface area (Å²) in [6.07, 6.45) is 0.998. The molecule has 0 saturated heterocycles. The predicted octanol–water partition coefficient (Wildman–Crippen LogP) is 4.84. The van der Waals surface area contributed by atoms with E-state index in [1.54, 1.807) is 4.68 Å². The summed E-state index contributed by atoms with van der Waals surface area (Å²) in [6, 6.07) is 24.3. The van der Waals surface area contributed by atoms with Gasteiger partial charge in [-0.2, -0.15) is 5.10 Å². The maximum absolute atomic E-state index is 13.2. The van der Waals surface area contributed by atoms with Gasteiger partial charge in [-0.25, -0.2) is 4.68 Å². The molecule has 0 N–H and O–H groups in total. The van der Waals surface area contributed by atoms with Gasteiger partial charge in [-0.3, -0.25) is 9.69 Å². The second-order valence-electron chi connectivity index (χ2n) is 7.42. The number of rotatable bonds is 3. The molecule has 3 aromatic carbocycles. The zero-order valence-corrected chi connectivity index (χ0v) is 17.5. The van der Waals surface area contributed by atoms with Crippen LogP contribution >= 0.6 is 15.9 Å². The third-order valence-corrected chi connectivity index (χ3v) is 6.06. The summed E-state index contributed by atoms with van der Waals surface area (Å²) in [5.41, 5.74) is 4.53. The molecule has 1 aliphatic heterocycles. The van der Waals surface area contributed by atoms with Crippen molar-refractivity contribution in [1.29, 1.82) is 0 Å². The van der Waals surface area contributed by atoms with Gasteiger partial charge in [-0.15, -0.1) is 0 Å². The van der Waals surface area contributed by atoms with Crippen LogP contribution in [-0.2, 0) is 19.6 Å². The Kier molecular flexibility index (Phi) is 4.78. The molecule has 0 aliphatic carbocycles. The molecule has 29 heavy (non-hydrogen) atoms. The van der Waals surface area contributed by atoms with Crippen LogP contribution in [-0.4, -0.2) is 21.2 Å². The molecular weight excluding hydrogens is 426 g/mol. The maximum Gasteiger partial charge on any atom is 0.275 e. The summed E-state index contributed by atoms with van der Waals surface area (Å²) >= 11 is 3.49. The van der Waals surface area contributed by atoms with Gasteiger partial charge in [0.15, 0.2) is 0 Å². The highest BCUT2D eigenvalue weighted by atomic mass is 79.9. The molecule has 4 nitrogen and oxygen atoms in total. The molecule has 4 aromatic rings. The Morgan fingerprint density at radius 3 is 2.34 bits per heavy atom. The molecule has 1 aromatic heterocycles. The lowest BCUT2D eigenvalue weighted by molar-refractivity contribution is 0.186. The summed E-state index contributed by atoms with van der Waals surface area (Å²) < 4.78 is 2.64. The lowest BCUT2D eigenvalue weighted by atomic mass is 10.0. The first-order valence-corrected chi connectivity index (χ1v) is 10.5. The Bertz CT molecular complexity index is 1250. The van der Waals surface area contributed by atoms with Gasteiger partial charge in [0.25, 0.3) is 5.56 Å². The molecule has 0 radical (unpaired) electrons. The van der Waals surface area contributed by atoms with E-state index in [1.165, 1.54) is 11.1 Å². The average Bonchev–Trinajstić information content (AvgIpc) is 2.76. The van der Waals surface area contributed by atoms with Crippen molar-refractivity contribution in [3.63, 3.8) is 0 Å². The van der Waals surface area contributed by atoms with Crippen molar-refractivity contribution in [2.24, 2.45) is 0 Å². The van der Waals surface area contributed by atoms with Crippen LogP contribution in [0.2, 0.25) is 0 Å². The van der Waals surface area contributed by atoms with Crippen molar-refractivity contribution in [3.05, 3.63) is 98.7 Å². The van der Waals surface area contributed by atoms with E-state index in [-0.39, 0.29) is 5.56 Å². The van der Waals surface area contributed by atoms with Crippen molar-refractivity contribution < 1.29 is 0 Å². The van der Waals surface area contributed by atoms with Crippen LogP contribution < -0.4 is 5.56 Å². The third-order valence-electron chi connectivity index (χ3n) is 5.53. The summed E-state index contributed by atoms with van der Waals surface area (Å²) in [7, 11) is 0. The van der Waals surface area contributed by atoms with Gasteiger partial charge < -0.3 is 0 Å². The number of nitrogens with zero attached hydrogens (tertiary/aromatic N) is 3. The van der Waals surface area contributed by atoms with E-state index < -0.39 is 0 Å². The molecule has 0 saturated carbocycles. The van der Waals surface area contributed by atoms with Gasteiger partial charge in [0.1, 0.15) is 0 Å². The van der Waals surface area contributed by atoms with Gasteiger partial charge in [0.05, 0.1) is 17.7 Å². The van der Waals surface area contributed by atoms with E-state index in [2.05, 4.69) is 45.1 Å². The molecule has 0 fully saturated rings. The second kappa shape index (κ2) is 7.58. The minimum Gasteiger partial charge on any atom is -0.280 e. The van der Waals surface area contributed by atoms with E-state index in [1.807, 2.05) is 48.5 Å². The summed E-state index contributed by atoms with van der Waals surface area (Å²) in [4.78, 5) is 15.4. The highest BCUT2D eigenvalue weighted by Crippen LogP contribution is 2.26. The number of halogens is 1. The van der Waals surface area contributed by atoms with Crippen LogP contribution in [0.4, 0.5) is 0 Å². The van der Waals surface area contributed by atoms with E-state index in [0.29, 0.717) is 12.1 Å². The first-order chi connectivity index (χ1) is 14.2. The average molecular weight is 446 g/mol. The maximum atomic E-state index is 13.2. The Hall–Kier alpha value is -2.76. The van der Waals surface area contributed by atoms with Crippen LogP contribution in [0.15, 0.2) is 82.1 Å². The lowest BCUT2D eigenvalue weighted by Crippen LogP contribution is -2.37. The molecule has 1 aliphatic rings. The molecular formula is C24H20BrN3O. The standard InChI is InChI=1S/C24H20BrN3O/c25-20-11-9-18(10-12-20)23-21-7-3-4-8-22(21)24(29)28(26-23)16-27-14-13-17-5-1-2-6-19(17)15-27/h1-12H,13-16H2. The quantitative estimate of drug-likeness (QED) is 0.452. The number of hydrogen-bond donors (Lipinski definition) is 0. The number of hydrogen-bond acceptors (Lipinski definition) is 3. The van der Waals surface area contributed by atoms with Crippen molar-refractivity contribution in [2.45, 2.75) is 19.6 Å². The minimum atomic E-state index is -0.0414. The van der Waals surface area contributed by atoms with Gasteiger partial charge in [0, 0.05) is 28.5 Å². The smallest absolute Gasteiger partial charge is 0.275 e. The molecule has 0 bridgehead atoms. The number of fused-ring (bicyclic) bond motifs is 2. The first kappa shape index (κ1) is 18.3. The van der Waals surface area contributed by atoms with E-state index >= 15 is 0 Å². The molecule has 144 valence electrons. The number of aromatic nitrogens is 2. The second-order valence-corrected chi connectivity index (χ2v) is 8.33. The van der Waals surface area contributed by atoms with Gasteiger partial charge >= 0.3 is 0 Å². The third kappa shape index (κ3) is 3.52. The van der Waals surface area contributed by atoms with Gasteiger partial charge in [-0.05, 0) is 35.7 Å². The monoisotopic (exact) mass is 445 g/mol. The molecule has 5 heteroatoms. The largest absolute Gasteiger partial charge is 0.280 e. The Morgan fingerprint density at radius 2 is 1.55 bits per heavy atom. The topological polar surface area (TPSA) is 38.1 Å². The Balaban J connectivity index is 1.57. The molecule has 0 unspecified atom stereocenters. The van der Waals surface area contributed by atoms with Crippen LogP contribution in [0.25, 0.3) is 22.0 Å². The van der Waals surface area contributed by atoms with Crippen molar-refractivity contribution in [1.82, 2.24) is 14.7 Å². The number of benzene rings is 3. The van der Waals surface area contributed by atoms with E-state index in [9.17, 15) is 4.79 Å². The molecule has 2 heterocycles. The zero-order chi connectivity index (χ0) is 19.8. The van der Waals surface area contributed by atoms with E-state index in [4.69, 9.17) is 5.10 Å². The van der Waals surface area contributed by atoms with Crippen LogP contribution in [0, 0.1) is 0 Å². The lowest BCUT2D eigenvalue weighted by Gasteiger charge is -2.28. The fraction of sp³-hybridized carbons (Fsp3) is 0.167. The Morgan fingerprint density at radius 1 is 0.862 bits per heavy atom. The van der Waals surface area contributed by atoms with Crippen molar-refractivity contribution in [3.8, 4) is 11.3 Å². The normalized spacial score (nSPS) is 14.1. The highest BCUT2D eigenvalue weighted by Gasteiger charge is 2.18. The Labute approximate surface area is 177 Å². The van der Waals surface area contributed by atoms with Crippen LogP contribution in [0.5, 0.6) is 0 Å². The minimum absolute atomic E-state index is 0.0414. The van der Waals surface area contributed by atoms with Crippen molar-refractivity contribution >= 4 is 26.7 Å². The SMILES string of the molecule is O=c1c2ccccc2c(-c2ccc(Br)cc2)nn1CN1CCc2ccccc2C1. The zero-order valence-electron chi connectivity index (χ0n) is 15.9. The summed E-state index contributed by atoms with van der Waals surface area (Å²) in [5.74, 6) is 0. The first-order valence-electron chi connectivity index (χ1n) is 9.74. The van der Waals surface area contributed by atoms with Gasteiger partial charge in [0.2, 0.25) is 0 Å². The fourth-order valence-corrected chi connectivity index (χ4v) is 4.28. The summed E-state index contributed by atoms with van der Waals surface area (Å²) in [6.45, 7) is 2.25. The van der Waals surface area contributed by atoms with Crippen LogP contribution in [0.1, 0.15) is 11.1 Å². The van der Waals surface area contributed by atoms with Crippen molar-refractivity contribution in [2.75, 3.05) is 6.54 Å². The molecule has 0 amide bonds. The fourth-order valence-electron chi connectivity index (χ4n) is 4.02. The van der Waals surface area contributed by atoms with Gasteiger partial charge in [-0.1, -0.05) is 70.5 Å². The predicted molar refractivity (Wildman–Crippen MR) is 120 cm³/mol.